The van der Waals surface area contributed by atoms with Crippen molar-refractivity contribution in [3.63, 3.8) is 0 Å². The number of sulfonamides is 1. The molecule has 1 N–H and O–H groups in total. The van der Waals surface area contributed by atoms with Crippen molar-refractivity contribution in [3.05, 3.63) is 65.2 Å². The van der Waals surface area contributed by atoms with Crippen LogP contribution < -0.4 is 9.62 Å². The Bertz CT molecular complexity index is 935. The first kappa shape index (κ1) is 22.3. The van der Waals surface area contributed by atoms with Crippen LogP contribution >= 0.6 is 0 Å². The molecule has 6 nitrogen and oxygen atoms in total. The maximum Gasteiger partial charge on any atom is 0.251 e. The molecule has 7 heteroatoms. The topological polar surface area (TPSA) is 69.7 Å². The van der Waals surface area contributed by atoms with Gasteiger partial charge in [0.25, 0.3) is 5.91 Å². The van der Waals surface area contributed by atoms with Crippen LogP contribution in [0.2, 0.25) is 0 Å². The quantitative estimate of drug-likeness (QED) is 0.622. The molecule has 1 fully saturated rings. The number of benzene rings is 2. The molecule has 0 spiro atoms. The standard InChI is InChI=1S/C23H31N3O3S/c1-19-6-8-20(9-7-19)18-26(30(2,28)29)22-12-10-21(11-13-22)23(27)24-14-5-17-25-15-3-4-16-25/h6-13H,3-5,14-18H2,1-2H3,(H,24,27). The zero-order valence-electron chi connectivity index (χ0n) is 17.8. The van der Waals surface area contributed by atoms with Gasteiger partial charge in [-0.05, 0) is 75.6 Å². The van der Waals surface area contributed by atoms with Gasteiger partial charge >= 0.3 is 0 Å². The lowest BCUT2D eigenvalue weighted by atomic mass is 10.1. The van der Waals surface area contributed by atoms with E-state index in [4.69, 9.17) is 0 Å². The van der Waals surface area contributed by atoms with Gasteiger partial charge in [-0.25, -0.2) is 8.42 Å². The summed E-state index contributed by atoms with van der Waals surface area (Å²) in [6.45, 7) is 6.22. The second-order valence-electron chi connectivity index (χ2n) is 7.96. The molecule has 2 aromatic rings. The lowest BCUT2D eigenvalue weighted by molar-refractivity contribution is 0.0952. The lowest BCUT2D eigenvalue weighted by Gasteiger charge is -2.23. The first-order valence-electron chi connectivity index (χ1n) is 10.5. The second kappa shape index (κ2) is 10.1. The largest absolute Gasteiger partial charge is 0.352 e. The van der Waals surface area contributed by atoms with Crippen molar-refractivity contribution in [1.82, 2.24) is 10.2 Å². The molecule has 1 amide bonds. The van der Waals surface area contributed by atoms with Gasteiger partial charge in [0, 0.05) is 12.1 Å². The van der Waals surface area contributed by atoms with E-state index < -0.39 is 10.0 Å². The minimum absolute atomic E-state index is 0.132. The molecule has 1 heterocycles. The van der Waals surface area contributed by atoms with E-state index in [1.165, 1.54) is 23.4 Å². The Balaban J connectivity index is 1.59. The average molecular weight is 430 g/mol. The fourth-order valence-electron chi connectivity index (χ4n) is 3.65. The van der Waals surface area contributed by atoms with Crippen molar-refractivity contribution in [2.45, 2.75) is 32.7 Å². The Morgan fingerprint density at radius 2 is 1.67 bits per heavy atom. The summed E-state index contributed by atoms with van der Waals surface area (Å²) in [5, 5.41) is 2.95. The minimum Gasteiger partial charge on any atom is -0.352 e. The van der Waals surface area contributed by atoms with Gasteiger partial charge in [0.2, 0.25) is 10.0 Å². The monoisotopic (exact) mass is 429 g/mol. The molecule has 30 heavy (non-hydrogen) atoms. The number of hydrogen-bond donors (Lipinski definition) is 1. The maximum absolute atomic E-state index is 12.4. The van der Waals surface area contributed by atoms with Crippen LogP contribution in [0.5, 0.6) is 0 Å². The summed E-state index contributed by atoms with van der Waals surface area (Å²) in [6, 6.07) is 14.5. The highest BCUT2D eigenvalue weighted by atomic mass is 32.2. The van der Waals surface area contributed by atoms with Crippen molar-refractivity contribution < 1.29 is 13.2 Å². The summed E-state index contributed by atoms with van der Waals surface area (Å²) in [5.41, 5.74) is 3.11. The van der Waals surface area contributed by atoms with Crippen LogP contribution in [0.3, 0.4) is 0 Å². The third-order valence-corrected chi connectivity index (χ3v) is 6.54. The van der Waals surface area contributed by atoms with Crippen LogP contribution in [0.4, 0.5) is 5.69 Å². The van der Waals surface area contributed by atoms with Crippen LogP contribution in [0.1, 0.15) is 40.7 Å². The Morgan fingerprint density at radius 1 is 1.03 bits per heavy atom. The predicted molar refractivity (Wildman–Crippen MR) is 121 cm³/mol. The van der Waals surface area contributed by atoms with Gasteiger partial charge in [-0.1, -0.05) is 29.8 Å². The third-order valence-electron chi connectivity index (χ3n) is 5.40. The predicted octanol–water partition coefficient (Wildman–Crippen LogP) is 3.18. The molecule has 1 saturated heterocycles. The maximum atomic E-state index is 12.4. The highest BCUT2D eigenvalue weighted by Gasteiger charge is 2.18. The molecule has 3 rings (SSSR count). The zero-order chi connectivity index (χ0) is 21.6. The number of nitrogens with zero attached hydrogens (tertiary/aromatic N) is 2. The van der Waals surface area contributed by atoms with Crippen LogP contribution in [-0.2, 0) is 16.6 Å². The normalized spacial score (nSPS) is 14.6. The van der Waals surface area contributed by atoms with Crippen LogP contribution in [-0.4, -0.2) is 51.7 Å². The van der Waals surface area contributed by atoms with E-state index in [1.54, 1.807) is 24.3 Å². The highest BCUT2D eigenvalue weighted by Crippen LogP contribution is 2.21. The van der Waals surface area contributed by atoms with Crippen molar-refractivity contribution in [3.8, 4) is 0 Å². The first-order chi connectivity index (χ1) is 14.3. The average Bonchev–Trinajstić information content (AvgIpc) is 3.23. The number of anilines is 1. The number of carbonyl (C=O) groups excluding carboxylic acids is 1. The molecule has 162 valence electrons. The Kier molecular flexibility index (Phi) is 7.50. The van der Waals surface area contributed by atoms with Crippen molar-refractivity contribution in [2.24, 2.45) is 0 Å². The molecule has 0 unspecified atom stereocenters. The molecule has 0 atom stereocenters. The summed E-state index contributed by atoms with van der Waals surface area (Å²) in [5.74, 6) is -0.132. The summed E-state index contributed by atoms with van der Waals surface area (Å²) in [4.78, 5) is 14.8. The molecule has 0 aromatic heterocycles. The molecular weight excluding hydrogens is 398 g/mol. The van der Waals surface area contributed by atoms with Gasteiger partial charge in [0.05, 0.1) is 18.5 Å². The molecule has 0 aliphatic carbocycles. The fourth-order valence-corrected chi connectivity index (χ4v) is 4.54. The van der Waals surface area contributed by atoms with E-state index in [0.29, 0.717) is 17.8 Å². The number of amides is 1. The van der Waals surface area contributed by atoms with Crippen LogP contribution in [0.15, 0.2) is 48.5 Å². The molecular formula is C23H31N3O3S. The van der Waals surface area contributed by atoms with Gasteiger partial charge in [-0.15, -0.1) is 0 Å². The smallest absolute Gasteiger partial charge is 0.251 e. The number of nitrogens with one attached hydrogen (secondary N) is 1. The lowest BCUT2D eigenvalue weighted by Crippen LogP contribution is -2.30. The number of likely N-dealkylation sites (tertiary alicyclic amines) is 1. The Hall–Kier alpha value is -2.38. The van der Waals surface area contributed by atoms with Gasteiger partial charge in [0.15, 0.2) is 0 Å². The van der Waals surface area contributed by atoms with Gasteiger partial charge in [-0.3, -0.25) is 9.10 Å². The number of carbonyl (C=O) groups is 1. The zero-order valence-corrected chi connectivity index (χ0v) is 18.6. The molecule has 0 saturated carbocycles. The summed E-state index contributed by atoms with van der Waals surface area (Å²) in [7, 11) is -3.46. The second-order valence-corrected chi connectivity index (χ2v) is 9.87. The van der Waals surface area contributed by atoms with E-state index in [2.05, 4.69) is 10.2 Å². The van der Waals surface area contributed by atoms with Gasteiger partial charge in [0.1, 0.15) is 0 Å². The minimum atomic E-state index is -3.46. The SMILES string of the molecule is Cc1ccc(CN(c2ccc(C(=O)NCCCN3CCCC3)cc2)S(C)(=O)=O)cc1. The fraction of sp³-hybridized carbons (Fsp3) is 0.435. The van der Waals surface area contributed by atoms with Gasteiger partial charge < -0.3 is 10.2 Å². The molecule has 1 aliphatic heterocycles. The summed E-state index contributed by atoms with van der Waals surface area (Å²) >= 11 is 0. The summed E-state index contributed by atoms with van der Waals surface area (Å²) in [6.07, 6.45) is 4.67. The Morgan fingerprint density at radius 3 is 2.27 bits per heavy atom. The number of hydrogen-bond acceptors (Lipinski definition) is 4. The van der Waals surface area contributed by atoms with E-state index in [1.807, 2.05) is 31.2 Å². The van der Waals surface area contributed by atoms with E-state index in [-0.39, 0.29) is 12.5 Å². The molecule has 1 aliphatic rings. The summed E-state index contributed by atoms with van der Waals surface area (Å²) < 4.78 is 26.1. The van der Waals surface area contributed by atoms with E-state index in [9.17, 15) is 13.2 Å². The third kappa shape index (κ3) is 6.31. The van der Waals surface area contributed by atoms with Crippen molar-refractivity contribution >= 4 is 21.6 Å². The van der Waals surface area contributed by atoms with Crippen LogP contribution in [0, 0.1) is 6.92 Å². The van der Waals surface area contributed by atoms with Gasteiger partial charge in [-0.2, -0.15) is 0 Å². The van der Waals surface area contributed by atoms with E-state index >= 15 is 0 Å². The van der Waals surface area contributed by atoms with Crippen LogP contribution in [0.25, 0.3) is 0 Å². The molecule has 2 aromatic carbocycles. The first-order valence-corrected chi connectivity index (χ1v) is 12.3. The molecule has 0 bridgehead atoms. The number of aryl methyl sites for hydroxylation is 1. The Labute approximate surface area is 179 Å². The van der Waals surface area contributed by atoms with Crippen molar-refractivity contribution in [2.75, 3.05) is 36.7 Å². The molecule has 0 radical (unpaired) electrons. The number of rotatable bonds is 9. The highest BCUT2D eigenvalue weighted by molar-refractivity contribution is 7.92. The van der Waals surface area contributed by atoms with E-state index in [0.717, 1.165) is 37.2 Å². The van der Waals surface area contributed by atoms with Crippen molar-refractivity contribution in [1.29, 1.82) is 0 Å².